The Kier molecular flexibility index (Phi) is 3.97. The van der Waals surface area contributed by atoms with Crippen molar-refractivity contribution in [3.8, 4) is 0 Å². The predicted molar refractivity (Wildman–Crippen MR) is 74.0 cm³/mol. The summed E-state index contributed by atoms with van der Waals surface area (Å²) in [5.74, 6) is 0.406. The van der Waals surface area contributed by atoms with Crippen LogP contribution in [-0.4, -0.2) is 25.3 Å². The molecule has 1 aromatic carbocycles. The number of hydrogen-bond donors (Lipinski definition) is 1. The molecule has 2 bridgehead atoms. The van der Waals surface area contributed by atoms with E-state index in [0.717, 1.165) is 30.9 Å². The minimum atomic E-state index is -4.28. The van der Waals surface area contributed by atoms with Crippen LogP contribution >= 0.6 is 0 Å². The fourth-order valence-electron chi connectivity index (χ4n) is 3.70. The van der Waals surface area contributed by atoms with Crippen molar-refractivity contribution in [1.29, 1.82) is 0 Å². The summed E-state index contributed by atoms with van der Waals surface area (Å²) in [6, 6.07) is 5.82. The van der Waals surface area contributed by atoms with E-state index >= 15 is 0 Å². The largest absolute Gasteiger partial charge is 0.416 e. The second-order valence-electron chi connectivity index (χ2n) is 6.07. The van der Waals surface area contributed by atoms with Crippen molar-refractivity contribution in [1.82, 2.24) is 5.32 Å². The lowest BCUT2D eigenvalue weighted by atomic mass is 9.81. The summed E-state index contributed by atoms with van der Waals surface area (Å²) in [6.45, 7) is 0. The average Bonchev–Trinajstić information content (AvgIpc) is 3.07. The number of halogens is 3. The Hall–Kier alpha value is -1.07. The maximum absolute atomic E-state index is 12.8. The predicted octanol–water partition coefficient (Wildman–Crippen LogP) is 3.40. The summed E-state index contributed by atoms with van der Waals surface area (Å²) in [6.07, 6.45) is 0.195. The SMILES string of the molecule is CNC(Cc1cccc(C(F)(F)F)c1)C1CC2CCC1O2. The normalized spacial score (nSPS) is 29.8. The monoisotopic (exact) mass is 299 g/mol. The number of fused-ring (bicyclic) bond motifs is 2. The number of benzene rings is 1. The first-order valence-corrected chi connectivity index (χ1v) is 7.46. The molecule has 4 atom stereocenters. The van der Waals surface area contributed by atoms with Crippen LogP contribution in [0.25, 0.3) is 0 Å². The zero-order valence-electron chi connectivity index (χ0n) is 12.0. The minimum absolute atomic E-state index is 0.170. The maximum atomic E-state index is 12.8. The van der Waals surface area contributed by atoms with Crippen LogP contribution in [0.1, 0.15) is 30.4 Å². The Labute approximate surface area is 122 Å². The Morgan fingerprint density at radius 3 is 2.71 bits per heavy atom. The summed E-state index contributed by atoms with van der Waals surface area (Å²) < 4.78 is 44.2. The zero-order chi connectivity index (χ0) is 15.0. The molecule has 3 rings (SSSR count). The van der Waals surface area contributed by atoms with E-state index in [1.54, 1.807) is 6.07 Å². The van der Waals surface area contributed by atoms with Gasteiger partial charge in [-0.3, -0.25) is 0 Å². The second-order valence-corrected chi connectivity index (χ2v) is 6.07. The third-order valence-electron chi connectivity index (χ3n) is 4.75. The second kappa shape index (κ2) is 5.61. The summed E-state index contributed by atoms with van der Waals surface area (Å²) >= 11 is 0. The molecule has 0 radical (unpaired) electrons. The lowest BCUT2D eigenvalue weighted by Crippen LogP contribution is -2.40. The van der Waals surface area contributed by atoms with Gasteiger partial charge in [0.05, 0.1) is 17.8 Å². The lowest BCUT2D eigenvalue weighted by molar-refractivity contribution is -0.137. The van der Waals surface area contributed by atoms with Gasteiger partial charge in [-0.1, -0.05) is 18.2 Å². The quantitative estimate of drug-likeness (QED) is 0.920. The summed E-state index contributed by atoms with van der Waals surface area (Å²) in [4.78, 5) is 0. The van der Waals surface area contributed by atoms with Crippen molar-refractivity contribution in [2.45, 2.75) is 50.1 Å². The third kappa shape index (κ3) is 3.09. The van der Waals surface area contributed by atoms with Gasteiger partial charge in [0.25, 0.3) is 0 Å². The molecule has 1 N–H and O–H groups in total. The molecule has 2 aliphatic rings. The van der Waals surface area contributed by atoms with Crippen LogP contribution in [0.4, 0.5) is 13.2 Å². The molecular weight excluding hydrogens is 279 g/mol. The van der Waals surface area contributed by atoms with Crippen molar-refractivity contribution in [2.24, 2.45) is 5.92 Å². The Bertz CT molecular complexity index is 503. The Morgan fingerprint density at radius 1 is 1.33 bits per heavy atom. The molecule has 5 heteroatoms. The van der Waals surface area contributed by atoms with Gasteiger partial charge in [-0.2, -0.15) is 13.2 Å². The van der Waals surface area contributed by atoms with Gasteiger partial charge in [0.15, 0.2) is 0 Å². The zero-order valence-corrected chi connectivity index (χ0v) is 12.0. The van der Waals surface area contributed by atoms with E-state index < -0.39 is 11.7 Å². The van der Waals surface area contributed by atoms with Gasteiger partial charge >= 0.3 is 6.18 Å². The average molecular weight is 299 g/mol. The molecule has 4 unspecified atom stereocenters. The first-order chi connectivity index (χ1) is 9.97. The van der Waals surface area contributed by atoms with E-state index in [-0.39, 0.29) is 12.1 Å². The molecule has 2 aliphatic heterocycles. The number of nitrogens with one attached hydrogen (secondary N) is 1. The summed E-state index contributed by atoms with van der Waals surface area (Å²) in [7, 11) is 1.88. The van der Waals surface area contributed by atoms with Crippen LogP contribution in [0.5, 0.6) is 0 Å². The van der Waals surface area contributed by atoms with Crippen molar-refractivity contribution in [3.63, 3.8) is 0 Å². The Balaban J connectivity index is 1.72. The summed E-state index contributed by atoms with van der Waals surface area (Å²) in [5.41, 5.74) is 0.158. The summed E-state index contributed by atoms with van der Waals surface area (Å²) in [5, 5.41) is 3.27. The van der Waals surface area contributed by atoms with Crippen LogP contribution in [0.15, 0.2) is 24.3 Å². The molecule has 116 valence electrons. The molecule has 2 saturated heterocycles. The van der Waals surface area contributed by atoms with Crippen LogP contribution in [0.2, 0.25) is 0 Å². The van der Waals surface area contributed by atoms with Crippen LogP contribution in [0.3, 0.4) is 0 Å². The minimum Gasteiger partial charge on any atom is -0.375 e. The van der Waals surface area contributed by atoms with E-state index in [4.69, 9.17) is 4.74 Å². The van der Waals surface area contributed by atoms with Gasteiger partial charge in [-0.25, -0.2) is 0 Å². The molecule has 2 heterocycles. The van der Waals surface area contributed by atoms with Gasteiger partial charge < -0.3 is 10.1 Å². The highest BCUT2D eigenvalue weighted by Crippen LogP contribution is 2.41. The molecule has 0 saturated carbocycles. The fourth-order valence-corrected chi connectivity index (χ4v) is 3.70. The Morgan fingerprint density at radius 2 is 2.14 bits per heavy atom. The van der Waals surface area contributed by atoms with Gasteiger partial charge in [0.1, 0.15) is 0 Å². The van der Waals surface area contributed by atoms with Gasteiger partial charge in [0.2, 0.25) is 0 Å². The van der Waals surface area contributed by atoms with Crippen LogP contribution < -0.4 is 5.32 Å². The fraction of sp³-hybridized carbons (Fsp3) is 0.625. The smallest absolute Gasteiger partial charge is 0.375 e. The molecule has 2 fully saturated rings. The van der Waals surface area contributed by atoms with E-state index in [1.807, 2.05) is 7.05 Å². The van der Waals surface area contributed by atoms with Crippen molar-refractivity contribution in [3.05, 3.63) is 35.4 Å². The van der Waals surface area contributed by atoms with E-state index in [0.29, 0.717) is 18.4 Å². The number of ether oxygens (including phenoxy) is 1. The van der Waals surface area contributed by atoms with Crippen LogP contribution in [0, 0.1) is 5.92 Å². The molecule has 1 aromatic rings. The van der Waals surface area contributed by atoms with E-state index in [1.165, 1.54) is 12.1 Å². The molecule has 0 aromatic heterocycles. The molecule has 0 aliphatic carbocycles. The van der Waals surface area contributed by atoms with Gasteiger partial charge in [0, 0.05) is 12.0 Å². The number of hydrogen-bond acceptors (Lipinski definition) is 2. The molecular formula is C16H20F3NO. The number of rotatable bonds is 4. The van der Waals surface area contributed by atoms with E-state index in [9.17, 15) is 13.2 Å². The van der Waals surface area contributed by atoms with Gasteiger partial charge in [-0.05, 0) is 44.4 Å². The van der Waals surface area contributed by atoms with Crippen molar-refractivity contribution < 1.29 is 17.9 Å². The van der Waals surface area contributed by atoms with Crippen molar-refractivity contribution >= 4 is 0 Å². The molecule has 0 amide bonds. The van der Waals surface area contributed by atoms with Crippen LogP contribution in [-0.2, 0) is 17.3 Å². The van der Waals surface area contributed by atoms with Gasteiger partial charge in [-0.15, -0.1) is 0 Å². The number of likely N-dealkylation sites (N-methyl/N-ethyl adjacent to an activating group) is 1. The lowest BCUT2D eigenvalue weighted by Gasteiger charge is -2.28. The highest BCUT2D eigenvalue weighted by Gasteiger charge is 2.43. The number of alkyl halides is 3. The molecule has 2 nitrogen and oxygen atoms in total. The first kappa shape index (κ1) is 14.9. The molecule has 21 heavy (non-hydrogen) atoms. The highest BCUT2D eigenvalue weighted by molar-refractivity contribution is 5.26. The maximum Gasteiger partial charge on any atom is 0.416 e. The topological polar surface area (TPSA) is 21.3 Å². The van der Waals surface area contributed by atoms with Crippen molar-refractivity contribution in [2.75, 3.05) is 7.05 Å². The molecule has 0 spiro atoms. The third-order valence-corrected chi connectivity index (χ3v) is 4.75. The van der Waals surface area contributed by atoms with E-state index in [2.05, 4.69) is 5.32 Å². The standard InChI is InChI=1S/C16H20F3NO/c1-20-14(13-9-12-5-6-15(13)21-12)8-10-3-2-4-11(7-10)16(17,18)19/h2-4,7,12-15,20H,5-6,8-9H2,1H3. The highest BCUT2D eigenvalue weighted by atomic mass is 19.4. The first-order valence-electron chi connectivity index (χ1n) is 7.46.